The SMILES string of the molecule is COc1ccc(S(=O)(=O)N2CCCCCC2)cc1C(=O)O[C@@H](C)C(=O)c1ccc(F)cc1. The Morgan fingerprint density at radius 3 is 2.22 bits per heavy atom. The van der Waals surface area contributed by atoms with E-state index >= 15 is 0 Å². The molecular weight excluding hydrogens is 437 g/mol. The number of ether oxygens (including phenoxy) is 2. The Morgan fingerprint density at radius 2 is 1.62 bits per heavy atom. The first-order valence-corrected chi connectivity index (χ1v) is 11.9. The van der Waals surface area contributed by atoms with Crippen LogP contribution < -0.4 is 4.74 Å². The van der Waals surface area contributed by atoms with E-state index < -0.39 is 33.7 Å². The minimum atomic E-state index is -3.79. The molecule has 2 aromatic carbocycles. The summed E-state index contributed by atoms with van der Waals surface area (Å²) in [5.41, 5.74) is 0.0957. The Labute approximate surface area is 187 Å². The van der Waals surface area contributed by atoms with Crippen LogP contribution in [-0.4, -0.2) is 50.8 Å². The average molecular weight is 464 g/mol. The maximum Gasteiger partial charge on any atom is 0.342 e. The van der Waals surface area contributed by atoms with E-state index in [2.05, 4.69) is 0 Å². The van der Waals surface area contributed by atoms with Crippen LogP contribution in [0.25, 0.3) is 0 Å². The van der Waals surface area contributed by atoms with Crippen LogP contribution in [0.2, 0.25) is 0 Å². The molecule has 32 heavy (non-hydrogen) atoms. The van der Waals surface area contributed by atoms with Crippen LogP contribution in [0.1, 0.15) is 53.3 Å². The number of sulfonamides is 1. The Kier molecular flexibility index (Phi) is 7.63. The molecule has 0 spiro atoms. The number of ketones is 1. The number of hydrogen-bond donors (Lipinski definition) is 0. The zero-order valence-corrected chi connectivity index (χ0v) is 18.9. The van der Waals surface area contributed by atoms with Crippen LogP contribution in [0.3, 0.4) is 0 Å². The van der Waals surface area contributed by atoms with Crippen molar-refractivity contribution in [3.8, 4) is 5.75 Å². The summed E-state index contributed by atoms with van der Waals surface area (Å²) in [7, 11) is -2.44. The molecule has 7 nitrogen and oxygen atoms in total. The molecule has 1 saturated heterocycles. The Bertz CT molecular complexity index is 1080. The normalized spacial score (nSPS) is 16.1. The quantitative estimate of drug-likeness (QED) is 0.458. The Balaban J connectivity index is 1.83. The molecule has 0 amide bonds. The van der Waals surface area contributed by atoms with Crippen molar-refractivity contribution < 1.29 is 31.9 Å². The maximum atomic E-state index is 13.1. The van der Waals surface area contributed by atoms with E-state index in [0.29, 0.717) is 13.1 Å². The molecule has 0 N–H and O–H groups in total. The summed E-state index contributed by atoms with van der Waals surface area (Å²) in [6.07, 6.45) is 2.36. The fourth-order valence-electron chi connectivity index (χ4n) is 3.56. The highest BCUT2D eigenvalue weighted by Crippen LogP contribution is 2.27. The van der Waals surface area contributed by atoms with Gasteiger partial charge < -0.3 is 9.47 Å². The lowest BCUT2D eigenvalue weighted by atomic mass is 10.1. The van der Waals surface area contributed by atoms with E-state index in [1.165, 1.54) is 48.7 Å². The largest absolute Gasteiger partial charge is 0.496 e. The lowest BCUT2D eigenvalue weighted by molar-refractivity contribution is 0.0315. The van der Waals surface area contributed by atoms with E-state index in [1.54, 1.807) is 0 Å². The van der Waals surface area contributed by atoms with Crippen molar-refractivity contribution in [3.63, 3.8) is 0 Å². The fourth-order valence-corrected chi connectivity index (χ4v) is 5.11. The fraction of sp³-hybridized carbons (Fsp3) is 0.391. The van der Waals surface area contributed by atoms with Crippen molar-refractivity contribution in [1.29, 1.82) is 0 Å². The maximum absolute atomic E-state index is 13.1. The lowest BCUT2D eigenvalue weighted by Gasteiger charge is -2.21. The highest BCUT2D eigenvalue weighted by Gasteiger charge is 2.28. The summed E-state index contributed by atoms with van der Waals surface area (Å²) < 4.78 is 51.2. The van der Waals surface area contributed by atoms with Gasteiger partial charge in [0.1, 0.15) is 17.1 Å². The smallest absolute Gasteiger partial charge is 0.342 e. The van der Waals surface area contributed by atoms with Crippen LogP contribution in [0, 0.1) is 5.82 Å². The molecule has 172 valence electrons. The summed E-state index contributed by atoms with van der Waals surface area (Å²) in [5.74, 6) is -1.76. The van der Waals surface area contributed by atoms with Gasteiger partial charge in [0.25, 0.3) is 0 Å². The second kappa shape index (κ2) is 10.2. The molecule has 2 aromatic rings. The van der Waals surface area contributed by atoms with Crippen molar-refractivity contribution in [2.24, 2.45) is 0 Å². The van der Waals surface area contributed by atoms with Gasteiger partial charge in [-0.2, -0.15) is 4.31 Å². The van der Waals surface area contributed by atoms with Crippen LogP contribution in [0.4, 0.5) is 4.39 Å². The van der Waals surface area contributed by atoms with E-state index in [-0.39, 0.29) is 21.8 Å². The first-order valence-electron chi connectivity index (χ1n) is 10.4. The van der Waals surface area contributed by atoms with Crippen molar-refractivity contribution in [3.05, 3.63) is 59.4 Å². The second-order valence-corrected chi connectivity index (χ2v) is 9.54. The number of methoxy groups -OCH3 is 1. The predicted molar refractivity (Wildman–Crippen MR) is 116 cm³/mol. The molecule has 1 heterocycles. The topological polar surface area (TPSA) is 90.0 Å². The number of carbonyl (C=O) groups is 2. The van der Waals surface area contributed by atoms with Gasteiger partial charge in [0.15, 0.2) is 6.10 Å². The van der Waals surface area contributed by atoms with Crippen molar-refractivity contribution in [2.75, 3.05) is 20.2 Å². The first-order chi connectivity index (χ1) is 15.2. The molecule has 3 rings (SSSR count). The summed E-state index contributed by atoms with van der Waals surface area (Å²) >= 11 is 0. The lowest BCUT2D eigenvalue weighted by Crippen LogP contribution is -2.32. The van der Waals surface area contributed by atoms with Gasteiger partial charge in [0.2, 0.25) is 15.8 Å². The van der Waals surface area contributed by atoms with Gasteiger partial charge in [0.05, 0.1) is 12.0 Å². The molecule has 1 atom stereocenters. The minimum Gasteiger partial charge on any atom is -0.496 e. The van der Waals surface area contributed by atoms with Crippen molar-refractivity contribution >= 4 is 21.8 Å². The van der Waals surface area contributed by atoms with Gasteiger partial charge in [-0.1, -0.05) is 12.8 Å². The standard InChI is InChI=1S/C23H26FNO6S/c1-16(22(26)17-7-9-18(24)10-8-17)31-23(27)20-15-19(11-12-21(20)30-2)32(28,29)25-13-5-3-4-6-14-25/h7-12,15-16H,3-6,13-14H2,1-2H3/t16-/m0/s1. The molecule has 0 saturated carbocycles. The van der Waals surface area contributed by atoms with Gasteiger partial charge in [0, 0.05) is 18.7 Å². The highest BCUT2D eigenvalue weighted by atomic mass is 32.2. The third kappa shape index (κ3) is 5.34. The molecule has 0 aliphatic carbocycles. The predicted octanol–water partition coefficient (Wildman–Crippen LogP) is 3.83. The number of Topliss-reactive ketones (excluding diaryl/α,β-unsaturated/α-hetero) is 1. The summed E-state index contributed by atoms with van der Waals surface area (Å²) in [4.78, 5) is 25.3. The Morgan fingerprint density at radius 1 is 1.00 bits per heavy atom. The van der Waals surface area contributed by atoms with Crippen LogP contribution in [0.15, 0.2) is 47.4 Å². The Hall–Kier alpha value is -2.78. The van der Waals surface area contributed by atoms with E-state index in [4.69, 9.17) is 9.47 Å². The average Bonchev–Trinajstić information content (AvgIpc) is 3.09. The molecule has 0 unspecified atom stereocenters. The zero-order chi connectivity index (χ0) is 23.3. The van der Waals surface area contributed by atoms with Gasteiger partial charge in [-0.05, 0) is 62.2 Å². The highest BCUT2D eigenvalue weighted by molar-refractivity contribution is 7.89. The van der Waals surface area contributed by atoms with Gasteiger partial charge in [-0.3, -0.25) is 4.79 Å². The van der Waals surface area contributed by atoms with E-state index in [0.717, 1.165) is 37.8 Å². The molecule has 0 radical (unpaired) electrons. The summed E-state index contributed by atoms with van der Waals surface area (Å²) in [6.45, 7) is 2.25. The van der Waals surface area contributed by atoms with Gasteiger partial charge in [-0.15, -0.1) is 0 Å². The molecular formula is C23H26FNO6S. The molecule has 0 bridgehead atoms. The van der Waals surface area contributed by atoms with Gasteiger partial charge >= 0.3 is 5.97 Å². The minimum absolute atomic E-state index is 0.0373. The summed E-state index contributed by atoms with van der Waals surface area (Å²) in [5, 5.41) is 0. The van der Waals surface area contributed by atoms with Crippen LogP contribution in [0.5, 0.6) is 5.75 Å². The van der Waals surface area contributed by atoms with Crippen molar-refractivity contribution in [2.45, 2.75) is 43.6 Å². The van der Waals surface area contributed by atoms with Gasteiger partial charge in [-0.25, -0.2) is 17.6 Å². The zero-order valence-electron chi connectivity index (χ0n) is 18.0. The number of esters is 1. The van der Waals surface area contributed by atoms with E-state index in [9.17, 15) is 22.4 Å². The number of carbonyl (C=O) groups excluding carboxylic acids is 2. The van der Waals surface area contributed by atoms with Crippen LogP contribution >= 0.6 is 0 Å². The molecule has 0 aromatic heterocycles. The number of benzene rings is 2. The second-order valence-electron chi connectivity index (χ2n) is 7.60. The molecule has 1 fully saturated rings. The van der Waals surface area contributed by atoms with Crippen LogP contribution in [-0.2, 0) is 14.8 Å². The number of rotatable bonds is 7. The third-order valence-electron chi connectivity index (χ3n) is 5.38. The monoisotopic (exact) mass is 463 g/mol. The molecule has 1 aliphatic heterocycles. The van der Waals surface area contributed by atoms with Crippen molar-refractivity contribution in [1.82, 2.24) is 4.31 Å². The molecule has 1 aliphatic rings. The first kappa shape index (κ1) is 23.9. The van der Waals surface area contributed by atoms with E-state index in [1.807, 2.05) is 0 Å². The number of halogens is 1. The molecule has 9 heteroatoms. The number of nitrogens with zero attached hydrogens (tertiary/aromatic N) is 1. The number of hydrogen-bond acceptors (Lipinski definition) is 6. The summed E-state index contributed by atoms with van der Waals surface area (Å²) in [6, 6.07) is 8.89. The third-order valence-corrected chi connectivity index (χ3v) is 7.27.